The fraction of sp³-hybridized carbons (Fsp3) is 0.421. The molecule has 3 rings (SSSR count). The number of carbonyl (C=O) groups is 1. The second kappa shape index (κ2) is 8.55. The van der Waals surface area contributed by atoms with Gasteiger partial charge in [0.15, 0.2) is 9.84 Å². The fourth-order valence-electron chi connectivity index (χ4n) is 3.33. The summed E-state index contributed by atoms with van der Waals surface area (Å²) in [5.41, 5.74) is 0.782. The van der Waals surface area contributed by atoms with E-state index in [-0.39, 0.29) is 27.6 Å². The zero-order valence-electron chi connectivity index (χ0n) is 16.2. The molecule has 0 radical (unpaired) electrons. The normalized spacial score (nSPS) is 19.6. The highest BCUT2D eigenvalue weighted by molar-refractivity contribution is 7.91. The number of hydrogen-bond acceptors (Lipinski definition) is 6. The van der Waals surface area contributed by atoms with Crippen molar-refractivity contribution in [3.63, 3.8) is 0 Å². The molecular formula is C19H24N2O5S3. The Balaban J connectivity index is 1.66. The lowest BCUT2D eigenvalue weighted by Gasteiger charge is -2.31. The molecule has 2 aromatic rings. The van der Waals surface area contributed by atoms with Crippen LogP contribution in [-0.4, -0.2) is 46.4 Å². The van der Waals surface area contributed by atoms with Crippen molar-refractivity contribution in [3.8, 4) is 0 Å². The average molecular weight is 457 g/mol. The average Bonchev–Trinajstić information content (AvgIpc) is 3.23. The summed E-state index contributed by atoms with van der Waals surface area (Å²) in [4.78, 5) is 13.0. The van der Waals surface area contributed by atoms with Crippen molar-refractivity contribution >= 4 is 37.1 Å². The molecule has 2 heterocycles. The van der Waals surface area contributed by atoms with Gasteiger partial charge in [-0.25, -0.2) is 16.8 Å². The minimum Gasteiger partial charge on any atom is -0.349 e. The summed E-state index contributed by atoms with van der Waals surface area (Å²) in [6.07, 6.45) is 2.40. The number of rotatable bonds is 6. The van der Waals surface area contributed by atoms with E-state index in [1.165, 1.54) is 27.8 Å². The van der Waals surface area contributed by atoms with Crippen LogP contribution in [0.3, 0.4) is 0 Å². The number of thiophene rings is 1. The molecule has 1 aliphatic rings. The molecule has 2 atom stereocenters. The first-order valence-electron chi connectivity index (χ1n) is 9.23. The van der Waals surface area contributed by atoms with Crippen molar-refractivity contribution in [1.82, 2.24) is 9.62 Å². The molecule has 1 aromatic heterocycles. The van der Waals surface area contributed by atoms with E-state index in [1.807, 2.05) is 6.92 Å². The Hall–Kier alpha value is -1.75. The number of hydrogen-bond donors (Lipinski definition) is 1. The summed E-state index contributed by atoms with van der Waals surface area (Å²) >= 11 is 1.17. The van der Waals surface area contributed by atoms with Crippen molar-refractivity contribution in [2.75, 3.05) is 19.3 Å². The third-order valence-corrected chi connectivity index (χ3v) is 9.38. The lowest BCUT2D eigenvalue weighted by Crippen LogP contribution is -2.45. The van der Waals surface area contributed by atoms with Crippen molar-refractivity contribution in [3.05, 3.63) is 47.3 Å². The first-order chi connectivity index (χ1) is 13.6. The van der Waals surface area contributed by atoms with Gasteiger partial charge in [-0.1, -0.05) is 18.2 Å². The van der Waals surface area contributed by atoms with Gasteiger partial charge in [0.2, 0.25) is 5.91 Å². The fourth-order valence-corrected chi connectivity index (χ4v) is 6.63. The first kappa shape index (κ1) is 21.9. The van der Waals surface area contributed by atoms with Crippen LogP contribution in [0.4, 0.5) is 0 Å². The van der Waals surface area contributed by atoms with Crippen LogP contribution >= 0.6 is 11.3 Å². The van der Waals surface area contributed by atoms with Gasteiger partial charge in [0.25, 0.3) is 10.0 Å². The lowest BCUT2D eigenvalue weighted by atomic mass is 9.98. The number of sulfone groups is 1. The van der Waals surface area contributed by atoms with E-state index in [4.69, 9.17) is 0 Å². The molecule has 0 aliphatic carbocycles. The van der Waals surface area contributed by atoms with Crippen LogP contribution < -0.4 is 5.32 Å². The molecule has 0 bridgehead atoms. The van der Waals surface area contributed by atoms with Gasteiger partial charge in [0.05, 0.1) is 16.9 Å². The van der Waals surface area contributed by atoms with Crippen LogP contribution in [0.2, 0.25) is 0 Å². The Bertz CT molecular complexity index is 1060. The van der Waals surface area contributed by atoms with Gasteiger partial charge < -0.3 is 5.32 Å². The Kier molecular flexibility index (Phi) is 6.47. The second-order valence-electron chi connectivity index (χ2n) is 7.21. The number of benzene rings is 1. The van der Waals surface area contributed by atoms with Crippen LogP contribution in [-0.2, 0) is 24.7 Å². The Morgan fingerprint density at radius 2 is 1.86 bits per heavy atom. The van der Waals surface area contributed by atoms with Crippen LogP contribution in [0.25, 0.3) is 0 Å². The third-order valence-electron chi connectivity index (χ3n) is 5.01. The summed E-state index contributed by atoms with van der Waals surface area (Å²) in [6.45, 7) is 2.38. The van der Waals surface area contributed by atoms with Crippen molar-refractivity contribution in [2.45, 2.75) is 34.9 Å². The van der Waals surface area contributed by atoms with Gasteiger partial charge in [0, 0.05) is 19.3 Å². The summed E-state index contributed by atoms with van der Waals surface area (Å²) in [6, 6.07) is 9.34. The van der Waals surface area contributed by atoms with Crippen molar-refractivity contribution in [1.29, 1.82) is 0 Å². The molecule has 1 amide bonds. The highest BCUT2D eigenvalue weighted by Gasteiger charge is 2.34. The molecule has 0 saturated carbocycles. The number of amides is 1. The van der Waals surface area contributed by atoms with Crippen LogP contribution in [0.15, 0.2) is 50.9 Å². The zero-order valence-corrected chi connectivity index (χ0v) is 18.7. The molecule has 2 unspecified atom stereocenters. The van der Waals surface area contributed by atoms with Gasteiger partial charge in [-0.15, -0.1) is 11.3 Å². The smallest absolute Gasteiger partial charge is 0.252 e. The molecule has 1 aliphatic heterocycles. The summed E-state index contributed by atoms with van der Waals surface area (Å²) in [5, 5.41) is 4.64. The summed E-state index contributed by atoms with van der Waals surface area (Å²) < 4.78 is 50.3. The second-order valence-corrected chi connectivity index (χ2v) is 12.3. The molecule has 1 N–H and O–H groups in total. The SMILES string of the molecule is CC(NC(=O)C1CCCN(S(=O)(=O)c2cccs2)C1)c1ccc(S(C)(=O)=O)cc1. The lowest BCUT2D eigenvalue weighted by molar-refractivity contribution is -0.126. The van der Waals surface area contributed by atoms with Crippen LogP contribution in [0.1, 0.15) is 31.4 Å². The minimum atomic E-state index is -3.57. The number of sulfonamides is 1. The van der Waals surface area contributed by atoms with Gasteiger partial charge in [-0.3, -0.25) is 4.79 Å². The Morgan fingerprint density at radius 1 is 1.17 bits per heavy atom. The maximum absolute atomic E-state index is 12.7. The molecule has 29 heavy (non-hydrogen) atoms. The van der Waals surface area contributed by atoms with E-state index in [1.54, 1.807) is 29.6 Å². The van der Waals surface area contributed by atoms with E-state index >= 15 is 0 Å². The number of nitrogens with zero attached hydrogens (tertiary/aromatic N) is 1. The van der Waals surface area contributed by atoms with E-state index < -0.39 is 25.8 Å². The molecule has 7 nitrogen and oxygen atoms in total. The third kappa shape index (κ3) is 5.06. The quantitative estimate of drug-likeness (QED) is 0.720. The molecule has 10 heteroatoms. The molecular weight excluding hydrogens is 432 g/mol. The van der Waals surface area contributed by atoms with E-state index in [0.29, 0.717) is 19.4 Å². The predicted octanol–water partition coefficient (Wildman–Crippen LogP) is 2.43. The molecule has 158 valence electrons. The van der Waals surface area contributed by atoms with E-state index in [2.05, 4.69) is 5.32 Å². The highest BCUT2D eigenvalue weighted by atomic mass is 32.2. The minimum absolute atomic E-state index is 0.159. The topological polar surface area (TPSA) is 101 Å². The first-order valence-corrected chi connectivity index (χ1v) is 13.4. The summed E-state index contributed by atoms with van der Waals surface area (Å²) in [5.74, 6) is -0.619. The molecule has 1 fully saturated rings. The molecule has 0 spiro atoms. The maximum Gasteiger partial charge on any atom is 0.252 e. The van der Waals surface area contributed by atoms with Crippen LogP contribution in [0.5, 0.6) is 0 Å². The van der Waals surface area contributed by atoms with E-state index in [9.17, 15) is 21.6 Å². The number of carbonyl (C=O) groups excluding carboxylic acids is 1. The standard InChI is InChI=1S/C19H24N2O5S3/c1-14(15-7-9-17(10-8-15)28(2,23)24)20-19(22)16-5-3-11-21(13-16)29(25,26)18-6-4-12-27-18/h4,6-10,12,14,16H,3,5,11,13H2,1-2H3,(H,20,22). The molecule has 1 saturated heterocycles. The van der Waals surface area contributed by atoms with Crippen molar-refractivity contribution < 1.29 is 21.6 Å². The van der Waals surface area contributed by atoms with Crippen molar-refractivity contribution in [2.24, 2.45) is 5.92 Å². The van der Waals surface area contributed by atoms with Gasteiger partial charge in [0.1, 0.15) is 4.21 Å². The Morgan fingerprint density at radius 3 is 2.45 bits per heavy atom. The monoisotopic (exact) mass is 456 g/mol. The largest absolute Gasteiger partial charge is 0.349 e. The van der Waals surface area contributed by atoms with Crippen LogP contribution in [0, 0.1) is 5.92 Å². The number of nitrogens with one attached hydrogen (secondary N) is 1. The van der Waals surface area contributed by atoms with Gasteiger partial charge >= 0.3 is 0 Å². The predicted molar refractivity (Wildman–Crippen MR) is 112 cm³/mol. The number of piperidine rings is 1. The summed E-state index contributed by atoms with van der Waals surface area (Å²) in [7, 11) is -6.84. The molecule has 1 aromatic carbocycles. The van der Waals surface area contributed by atoms with Gasteiger partial charge in [-0.05, 0) is 48.9 Å². The highest BCUT2D eigenvalue weighted by Crippen LogP contribution is 2.27. The zero-order chi connectivity index (χ0) is 21.2. The van der Waals surface area contributed by atoms with Gasteiger partial charge in [-0.2, -0.15) is 4.31 Å². The Labute approximate surface area is 175 Å². The van der Waals surface area contributed by atoms with E-state index in [0.717, 1.165) is 11.8 Å². The maximum atomic E-state index is 12.7.